The number of ether oxygens (including phenoxy) is 3. The van der Waals surface area contributed by atoms with Gasteiger partial charge >= 0.3 is 24.4 Å². The van der Waals surface area contributed by atoms with Crippen molar-refractivity contribution in [3.8, 4) is 0 Å². The number of amides is 1. The molecule has 0 saturated carbocycles. The lowest BCUT2D eigenvalue weighted by Crippen LogP contribution is -2.33. The summed E-state index contributed by atoms with van der Waals surface area (Å²) in [5.74, 6) is -0.946. The molecular formula is C20H29NO9. The maximum absolute atomic E-state index is 11.4. The van der Waals surface area contributed by atoms with Gasteiger partial charge in [-0.1, -0.05) is 12.1 Å². The molecule has 1 amide bonds. The largest absolute Gasteiger partial charge is 0.519 e. The van der Waals surface area contributed by atoms with Crippen LogP contribution in [0.4, 0.5) is 14.4 Å². The predicted octanol–water partition coefficient (Wildman–Crippen LogP) is 4.07. The van der Waals surface area contributed by atoms with Crippen molar-refractivity contribution < 1.29 is 43.6 Å². The minimum Gasteiger partial charge on any atom is -0.478 e. The number of alkyl carbamates (subject to hydrolysis) is 1. The van der Waals surface area contributed by atoms with E-state index in [0.717, 1.165) is 5.56 Å². The van der Waals surface area contributed by atoms with Gasteiger partial charge in [0.2, 0.25) is 0 Å². The van der Waals surface area contributed by atoms with Crippen LogP contribution in [0.15, 0.2) is 24.3 Å². The molecule has 0 aliphatic rings. The third-order valence-corrected chi connectivity index (χ3v) is 2.84. The number of carbonyl (C=O) groups excluding carboxylic acids is 2. The summed E-state index contributed by atoms with van der Waals surface area (Å²) < 4.78 is 13.3. The Kier molecular flexibility index (Phi) is 10.4. The zero-order valence-electron chi connectivity index (χ0n) is 18.0. The molecule has 0 aromatic heterocycles. The van der Waals surface area contributed by atoms with Crippen LogP contribution in [-0.2, 0) is 20.6 Å². The van der Waals surface area contributed by atoms with Gasteiger partial charge in [-0.2, -0.15) is 0 Å². The molecule has 0 heterocycles. The van der Waals surface area contributed by atoms with Crippen molar-refractivity contribution in [3.63, 3.8) is 0 Å². The van der Waals surface area contributed by atoms with Crippen molar-refractivity contribution in [3.05, 3.63) is 35.4 Å². The Morgan fingerprint density at radius 1 is 0.867 bits per heavy atom. The number of hydrogen-bond donors (Lipinski definition) is 3. The highest BCUT2D eigenvalue weighted by molar-refractivity contribution is 5.87. The molecule has 0 radical (unpaired) electrons. The molecule has 0 aliphatic carbocycles. The Morgan fingerprint density at radius 3 is 1.77 bits per heavy atom. The maximum atomic E-state index is 11.4. The highest BCUT2D eigenvalue weighted by Crippen LogP contribution is 2.08. The van der Waals surface area contributed by atoms with Gasteiger partial charge in [0.1, 0.15) is 11.2 Å². The number of carboxylic acid groups (broad SMARTS) is 2. The van der Waals surface area contributed by atoms with Gasteiger partial charge in [0, 0.05) is 6.54 Å². The summed E-state index contributed by atoms with van der Waals surface area (Å²) in [4.78, 5) is 42.3. The van der Waals surface area contributed by atoms with Crippen LogP contribution in [0, 0.1) is 0 Å². The first-order valence-corrected chi connectivity index (χ1v) is 9.02. The molecule has 0 saturated heterocycles. The quantitative estimate of drug-likeness (QED) is 0.477. The molecule has 10 nitrogen and oxygen atoms in total. The highest BCUT2D eigenvalue weighted by Gasteiger charge is 2.19. The van der Waals surface area contributed by atoms with Crippen molar-refractivity contribution in [2.75, 3.05) is 6.54 Å². The molecule has 1 rings (SSSR count). The van der Waals surface area contributed by atoms with Gasteiger partial charge in [0.05, 0.1) is 5.56 Å². The van der Waals surface area contributed by atoms with E-state index in [0.29, 0.717) is 13.0 Å². The monoisotopic (exact) mass is 427 g/mol. The molecule has 0 fully saturated rings. The summed E-state index contributed by atoms with van der Waals surface area (Å²) >= 11 is 0. The van der Waals surface area contributed by atoms with E-state index in [9.17, 15) is 19.2 Å². The molecule has 0 aliphatic heterocycles. The fraction of sp³-hybridized carbons (Fsp3) is 0.500. The van der Waals surface area contributed by atoms with E-state index in [1.165, 1.54) is 0 Å². The van der Waals surface area contributed by atoms with E-state index in [4.69, 9.17) is 14.9 Å². The van der Waals surface area contributed by atoms with Crippen LogP contribution in [-0.4, -0.2) is 52.3 Å². The van der Waals surface area contributed by atoms with Crippen LogP contribution in [0.1, 0.15) is 57.5 Å². The first kappa shape index (κ1) is 26.7. The Labute approximate surface area is 175 Å². The normalized spacial score (nSPS) is 10.7. The first-order valence-electron chi connectivity index (χ1n) is 9.02. The standard InChI is InChI=1S/C14H19NO4.C6H10O5/c1-14(2,3)19-13(18)15-9-8-10-4-6-11(7-5-10)12(16)17;1-6(2,3)11-5(9)10-4(7)8/h4-7H,8-9H2,1-3H3,(H,15,18)(H,16,17);1-3H3,(H,7,8). The number of carboxylic acids is 1. The second-order valence-corrected chi connectivity index (χ2v) is 8.01. The van der Waals surface area contributed by atoms with Gasteiger partial charge in [-0.15, -0.1) is 0 Å². The Balaban J connectivity index is 0.000000654. The van der Waals surface area contributed by atoms with E-state index in [1.54, 1.807) is 65.8 Å². The van der Waals surface area contributed by atoms with E-state index in [2.05, 4.69) is 14.8 Å². The highest BCUT2D eigenvalue weighted by atomic mass is 16.8. The lowest BCUT2D eigenvalue weighted by Gasteiger charge is -2.19. The van der Waals surface area contributed by atoms with Crippen LogP contribution in [0.2, 0.25) is 0 Å². The summed E-state index contributed by atoms with van der Waals surface area (Å²) in [6, 6.07) is 6.57. The molecular weight excluding hydrogens is 398 g/mol. The summed E-state index contributed by atoms with van der Waals surface area (Å²) in [6.45, 7) is 10.7. The molecule has 0 bridgehead atoms. The molecule has 1 aromatic carbocycles. The molecule has 10 heteroatoms. The lowest BCUT2D eigenvalue weighted by atomic mass is 10.1. The summed E-state index contributed by atoms with van der Waals surface area (Å²) in [6.07, 6.45) is -2.70. The van der Waals surface area contributed by atoms with Crippen molar-refractivity contribution in [2.24, 2.45) is 0 Å². The fourth-order valence-electron chi connectivity index (χ4n) is 1.78. The number of benzene rings is 1. The number of carbonyl (C=O) groups is 4. The van der Waals surface area contributed by atoms with Gasteiger partial charge in [-0.25, -0.2) is 19.2 Å². The Bertz CT molecular complexity index is 728. The maximum Gasteiger partial charge on any atom is 0.519 e. The Hall–Kier alpha value is -3.30. The van der Waals surface area contributed by atoms with Crippen molar-refractivity contribution in [1.29, 1.82) is 0 Å². The number of hydrogen-bond acceptors (Lipinski definition) is 7. The number of nitrogens with one attached hydrogen (secondary N) is 1. The topological polar surface area (TPSA) is 148 Å². The van der Waals surface area contributed by atoms with Gasteiger partial charge in [0.15, 0.2) is 0 Å². The van der Waals surface area contributed by atoms with Gasteiger partial charge in [-0.3, -0.25) is 0 Å². The number of aromatic carboxylic acids is 1. The third kappa shape index (κ3) is 14.7. The van der Waals surface area contributed by atoms with Crippen LogP contribution in [0.3, 0.4) is 0 Å². The summed E-state index contributed by atoms with van der Waals surface area (Å²) in [5.41, 5.74) is -0.0235. The molecule has 168 valence electrons. The molecule has 0 spiro atoms. The smallest absolute Gasteiger partial charge is 0.478 e. The minimum absolute atomic E-state index is 0.254. The van der Waals surface area contributed by atoms with Gasteiger partial charge < -0.3 is 29.7 Å². The van der Waals surface area contributed by atoms with Crippen LogP contribution in [0.5, 0.6) is 0 Å². The third-order valence-electron chi connectivity index (χ3n) is 2.84. The number of rotatable bonds is 4. The van der Waals surface area contributed by atoms with Crippen molar-refractivity contribution in [1.82, 2.24) is 5.32 Å². The van der Waals surface area contributed by atoms with Crippen LogP contribution >= 0.6 is 0 Å². The molecule has 3 N–H and O–H groups in total. The van der Waals surface area contributed by atoms with E-state index < -0.39 is 35.6 Å². The predicted molar refractivity (Wildman–Crippen MR) is 107 cm³/mol. The average molecular weight is 427 g/mol. The minimum atomic E-state index is -1.67. The Morgan fingerprint density at radius 2 is 1.37 bits per heavy atom. The zero-order valence-corrected chi connectivity index (χ0v) is 18.0. The SMILES string of the molecule is CC(C)(C)OC(=O)NCCc1ccc(C(=O)O)cc1.CC(C)(C)OC(=O)OC(=O)O. The van der Waals surface area contributed by atoms with Gasteiger partial charge in [-0.05, 0) is 65.7 Å². The molecule has 1 aromatic rings. The van der Waals surface area contributed by atoms with Gasteiger partial charge in [0.25, 0.3) is 0 Å². The molecule has 0 atom stereocenters. The summed E-state index contributed by atoms with van der Waals surface area (Å²) in [5, 5.41) is 19.4. The van der Waals surface area contributed by atoms with E-state index in [-0.39, 0.29) is 5.56 Å². The van der Waals surface area contributed by atoms with Crippen molar-refractivity contribution >= 4 is 24.4 Å². The van der Waals surface area contributed by atoms with Crippen molar-refractivity contribution in [2.45, 2.75) is 59.2 Å². The van der Waals surface area contributed by atoms with E-state index >= 15 is 0 Å². The lowest BCUT2D eigenvalue weighted by molar-refractivity contribution is -0.000187. The fourth-order valence-corrected chi connectivity index (χ4v) is 1.78. The second kappa shape index (κ2) is 11.6. The van der Waals surface area contributed by atoms with Crippen LogP contribution in [0.25, 0.3) is 0 Å². The zero-order chi connectivity index (χ0) is 23.5. The molecule has 30 heavy (non-hydrogen) atoms. The first-order chi connectivity index (χ1) is 13.6. The van der Waals surface area contributed by atoms with Crippen LogP contribution < -0.4 is 5.32 Å². The summed E-state index contributed by atoms with van der Waals surface area (Å²) in [7, 11) is 0. The molecule has 0 unspecified atom stereocenters. The average Bonchev–Trinajstić information content (AvgIpc) is 2.51. The second-order valence-electron chi connectivity index (χ2n) is 8.01. The van der Waals surface area contributed by atoms with E-state index in [1.807, 2.05) is 0 Å².